The van der Waals surface area contributed by atoms with E-state index >= 15 is 0 Å². The van der Waals surface area contributed by atoms with E-state index in [1.54, 1.807) is 0 Å². The molecule has 0 amide bonds. The van der Waals surface area contributed by atoms with Crippen molar-refractivity contribution in [3.05, 3.63) is 59.7 Å². The van der Waals surface area contributed by atoms with E-state index in [2.05, 4.69) is 60.8 Å². The summed E-state index contributed by atoms with van der Waals surface area (Å²) in [6.07, 6.45) is 2.54. The van der Waals surface area contributed by atoms with Gasteiger partial charge in [0.25, 0.3) is 0 Å². The van der Waals surface area contributed by atoms with Gasteiger partial charge >= 0.3 is 0 Å². The Kier molecular flexibility index (Phi) is 3.90. The third-order valence-electron chi connectivity index (χ3n) is 3.60. The summed E-state index contributed by atoms with van der Waals surface area (Å²) >= 11 is 1.87. The van der Waals surface area contributed by atoms with Crippen LogP contribution in [-0.4, -0.2) is 6.54 Å². The maximum Gasteiger partial charge on any atom is 0.0331 e. The van der Waals surface area contributed by atoms with E-state index in [0.717, 1.165) is 6.54 Å². The van der Waals surface area contributed by atoms with Crippen molar-refractivity contribution in [3.8, 4) is 0 Å². The predicted molar refractivity (Wildman–Crippen MR) is 81.7 cm³/mol. The van der Waals surface area contributed by atoms with E-state index in [-0.39, 0.29) is 0 Å². The molecule has 19 heavy (non-hydrogen) atoms. The second-order valence-electron chi connectivity index (χ2n) is 5.10. The van der Waals surface area contributed by atoms with Gasteiger partial charge in [0.1, 0.15) is 0 Å². The molecule has 0 bridgehead atoms. The van der Waals surface area contributed by atoms with Crippen LogP contribution in [0.1, 0.15) is 30.0 Å². The lowest BCUT2D eigenvalue weighted by Crippen LogP contribution is -2.13. The Bertz CT molecular complexity index is 541. The summed E-state index contributed by atoms with van der Waals surface area (Å²) in [5.41, 5.74) is 2.76. The zero-order chi connectivity index (χ0) is 13.1. The van der Waals surface area contributed by atoms with Crippen LogP contribution in [0.3, 0.4) is 0 Å². The van der Waals surface area contributed by atoms with Crippen LogP contribution < -0.4 is 5.32 Å². The molecule has 1 fully saturated rings. The maximum absolute atomic E-state index is 3.59. The lowest BCUT2D eigenvalue weighted by atomic mass is 10.1. The lowest BCUT2D eigenvalue weighted by molar-refractivity contribution is 0.636. The van der Waals surface area contributed by atoms with Crippen molar-refractivity contribution >= 4 is 11.8 Å². The molecule has 1 saturated heterocycles. The minimum absolute atomic E-state index is 0.536. The number of hydrogen-bond acceptors (Lipinski definition) is 2. The maximum atomic E-state index is 3.59. The molecule has 1 aliphatic rings. The number of hydrogen-bond donors (Lipinski definition) is 1. The van der Waals surface area contributed by atoms with Gasteiger partial charge in [0, 0.05) is 15.8 Å². The molecule has 3 rings (SSSR count). The second-order valence-corrected chi connectivity index (χ2v) is 6.22. The molecule has 2 aromatic rings. The van der Waals surface area contributed by atoms with Gasteiger partial charge in [0.2, 0.25) is 0 Å². The molecule has 2 aromatic carbocycles. The first-order valence-electron chi connectivity index (χ1n) is 6.90. The monoisotopic (exact) mass is 269 g/mol. The number of aryl methyl sites for hydroxylation is 1. The van der Waals surface area contributed by atoms with Gasteiger partial charge in [-0.05, 0) is 50.1 Å². The van der Waals surface area contributed by atoms with Crippen molar-refractivity contribution in [2.45, 2.75) is 35.6 Å². The van der Waals surface area contributed by atoms with Crippen molar-refractivity contribution in [2.75, 3.05) is 6.54 Å². The SMILES string of the molecule is Cc1ccc(Sc2ccccc2[C@@H]2CCCN2)cc1. The highest BCUT2D eigenvalue weighted by atomic mass is 32.2. The van der Waals surface area contributed by atoms with Gasteiger partial charge in [0.05, 0.1) is 0 Å². The zero-order valence-electron chi connectivity index (χ0n) is 11.2. The van der Waals surface area contributed by atoms with E-state index in [4.69, 9.17) is 0 Å². The van der Waals surface area contributed by atoms with Crippen LogP contribution in [-0.2, 0) is 0 Å². The Morgan fingerprint density at radius 3 is 2.58 bits per heavy atom. The molecule has 2 heteroatoms. The summed E-state index contributed by atoms with van der Waals surface area (Å²) in [5, 5.41) is 3.59. The van der Waals surface area contributed by atoms with Crippen molar-refractivity contribution in [1.29, 1.82) is 0 Å². The minimum Gasteiger partial charge on any atom is -0.310 e. The fraction of sp³-hybridized carbons (Fsp3) is 0.294. The first-order chi connectivity index (χ1) is 9.33. The molecular weight excluding hydrogens is 250 g/mol. The topological polar surface area (TPSA) is 12.0 Å². The molecule has 1 N–H and O–H groups in total. The van der Waals surface area contributed by atoms with Gasteiger partial charge in [-0.2, -0.15) is 0 Å². The molecule has 1 heterocycles. The van der Waals surface area contributed by atoms with Crippen LogP contribution in [0.4, 0.5) is 0 Å². The summed E-state index contributed by atoms with van der Waals surface area (Å²) in [4.78, 5) is 2.70. The average molecular weight is 269 g/mol. The van der Waals surface area contributed by atoms with Crippen LogP contribution in [0, 0.1) is 6.92 Å². The molecule has 1 nitrogen and oxygen atoms in total. The Labute approximate surface area is 119 Å². The first-order valence-corrected chi connectivity index (χ1v) is 7.71. The summed E-state index contributed by atoms with van der Waals surface area (Å²) in [6.45, 7) is 3.28. The van der Waals surface area contributed by atoms with Crippen molar-refractivity contribution in [1.82, 2.24) is 5.32 Å². The Hall–Kier alpha value is -1.25. The highest BCUT2D eigenvalue weighted by Crippen LogP contribution is 2.35. The summed E-state index contributed by atoms with van der Waals surface area (Å²) in [6, 6.07) is 18.1. The predicted octanol–water partition coefficient (Wildman–Crippen LogP) is 4.57. The summed E-state index contributed by atoms with van der Waals surface area (Å²) in [5.74, 6) is 0. The van der Waals surface area contributed by atoms with Crippen LogP contribution in [0.15, 0.2) is 58.3 Å². The minimum atomic E-state index is 0.536. The third kappa shape index (κ3) is 3.02. The van der Waals surface area contributed by atoms with Crippen LogP contribution >= 0.6 is 11.8 Å². The molecule has 0 spiro atoms. The van der Waals surface area contributed by atoms with Crippen LogP contribution in [0.25, 0.3) is 0 Å². The number of nitrogens with one attached hydrogen (secondary N) is 1. The molecule has 0 aromatic heterocycles. The van der Waals surface area contributed by atoms with Crippen molar-refractivity contribution in [3.63, 3.8) is 0 Å². The van der Waals surface area contributed by atoms with E-state index in [9.17, 15) is 0 Å². The van der Waals surface area contributed by atoms with Crippen LogP contribution in [0.5, 0.6) is 0 Å². The Morgan fingerprint density at radius 2 is 1.84 bits per heavy atom. The lowest BCUT2D eigenvalue weighted by Gasteiger charge is -2.15. The molecule has 0 aliphatic carbocycles. The molecule has 0 saturated carbocycles. The van der Waals surface area contributed by atoms with Crippen molar-refractivity contribution in [2.24, 2.45) is 0 Å². The first kappa shape index (κ1) is 12.8. The smallest absolute Gasteiger partial charge is 0.0331 e. The van der Waals surface area contributed by atoms with Gasteiger partial charge < -0.3 is 5.32 Å². The van der Waals surface area contributed by atoms with E-state index in [1.807, 2.05) is 11.8 Å². The zero-order valence-corrected chi connectivity index (χ0v) is 12.0. The average Bonchev–Trinajstić information content (AvgIpc) is 2.96. The summed E-state index contributed by atoms with van der Waals surface area (Å²) < 4.78 is 0. The van der Waals surface area contributed by atoms with Gasteiger partial charge in [-0.25, -0.2) is 0 Å². The molecule has 1 atom stereocenters. The normalized spacial score (nSPS) is 18.7. The van der Waals surface area contributed by atoms with Gasteiger partial charge in [-0.1, -0.05) is 47.7 Å². The fourth-order valence-corrected chi connectivity index (χ4v) is 3.55. The Morgan fingerprint density at radius 1 is 1.05 bits per heavy atom. The van der Waals surface area contributed by atoms with E-state index in [0.29, 0.717) is 6.04 Å². The highest BCUT2D eigenvalue weighted by Gasteiger charge is 2.18. The van der Waals surface area contributed by atoms with Gasteiger partial charge in [-0.3, -0.25) is 0 Å². The van der Waals surface area contributed by atoms with E-state index in [1.165, 1.54) is 33.8 Å². The van der Waals surface area contributed by atoms with Gasteiger partial charge in [0.15, 0.2) is 0 Å². The molecule has 0 radical (unpaired) electrons. The van der Waals surface area contributed by atoms with E-state index < -0.39 is 0 Å². The molecule has 0 unspecified atom stereocenters. The Balaban J connectivity index is 1.85. The standard InChI is InChI=1S/C17H19NS/c1-13-8-10-14(11-9-13)19-17-7-3-2-5-15(17)16-6-4-12-18-16/h2-3,5,7-11,16,18H,4,6,12H2,1H3/t16-/m0/s1. The number of benzene rings is 2. The fourth-order valence-electron chi connectivity index (χ4n) is 2.54. The number of rotatable bonds is 3. The van der Waals surface area contributed by atoms with Crippen LogP contribution in [0.2, 0.25) is 0 Å². The van der Waals surface area contributed by atoms with Gasteiger partial charge in [-0.15, -0.1) is 0 Å². The third-order valence-corrected chi connectivity index (χ3v) is 4.70. The molecular formula is C17H19NS. The van der Waals surface area contributed by atoms with Crippen molar-refractivity contribution < 1.29 is 0 Å². The largest absolute Gasteiger partial charge is 0.310 e. The summed E-state index contributed by atoms with van der Waals surface area (Å²) in [7, 11) is 0. The highest BCUT2D eigenvalue weighted by molar-refractivity contribution is 7.99. The quantitative estimate of drug-likeness (QED) is 0.876. The second kappa shape index (κ2) is 5.81. The molecule has 98 valence electrons. The molecule has 1 aliphatic heterocycles.